The molecule has 1 aromatic carbocycles. The summed E-state index contributed by atoms with van der Waals surface area (Å²) < 4.78 is 0. The molecule has 0 aliphatic carbocycles. The molecule has 1 atom stereocenters. The molecule has 2 N–H and O–H groups in total. The SMILES string of the molecule is NCC(c1ccc2ncccc2c1)N1CCCSCC1. The maximum atomic E-state index is 6.07. The number of thioether (sulfide) groups is 1. The third-order valence-corrected chi connectivity index (χ3v) is 4.98. The first kappa shape index (κ1) is 13.9. The second-order valence-electron chi connectivity index (χ2n) is 5.21. The molecular weight excluding hydrogens is 266 g/mol. The van der Waals surface area contributed by atoms with Crippen LogP contribution in [0.4, 0.5) is 0 Å². The topological polar surface area (TPSA) is 42.1 Å². The van der Waals surface area contributed by atoms with E-state index in [1.54, 1.807) is 0 Å². The fourth-order valence-corrected chi connectivity index (χ4v) is 3.78. The minimum atomic E-state index is 0.332. The Morgan fingerprint density at radius 1 is 1.25 bits per heavy atom. The lowest BCUT2D eigenvalue weighted by Gasteiger charge is -2.30. The van der Waals surface area contributed by atoms with Gasteiger partial charge in [0.15, 0.2) is 0 Å². The molecule has 0 saturated carbocycles. The van der Waals surface area contributed by atoms with Gasteiger partial charge in [0, 0.05) is 36.5 Å². The van der Waals surface area contributed by atoms with E-state index in [9.17, 15) is 0 Å². The number of aromatic nitrogens is 1. The smallest absolute Gasteiger partial charge is 0.0702 e. The normalized spacial score (nSPS) is 18.9. The van der Waals surface area contributed by atoms with Crippen LogP contribution in [-0.2, 0) is 0 Å². The molecular formula is C16H21N3S. The van der Waals surface area contributed by atoms with E-state index >= 15 is 0 Å². The summed E-state index contributed by atoms with van der Waals surface area (Å²) in [5.41, 5.74) is 8.44. The van der Waals surface area contributed by atoms with Crippen molar-refractivity contribution in [3.8, 4) is 0 Å². The van der Waals surface area contributed by atoms with E-state index in [-0.39, 0.29) is 0 Å². The lowest BCUT2D eigenvalue weighted by atomic mass is 10.0. The van der Waals surface area contributed by atoms with Crippen molar-refractivity contribution >= 4 is 22.7 Å². The Balaban J connectivity index is 1.89. The summed E-state index contributed by atoms with van der Waals surface area (Å²) in [5, 5.41) is 1.20. The molecule has 4 heteroatoms. The van der Waals surface area contributed by atoms with Crippen LogP contribution in [0.3, 0.4) is 0 Å². The van der Waals surface area contributed by atoms with Gasteiger partial charge in [0.2, 0.25) is 0 Å². The molecule has 1 aliphatic heterocycles. The number of hydrogen-bond donors (Lipinski definition) is 1. The first-order chi connectivity index (χ1) is 9.88. The number of benzene rings is 1. The molecule has 20 heavy (non-hydrogen) atoms. The molecule has 3 rings (SSSR count). The summed E-state index contributed by atoms with van der Waals surface area (Å²) in [7, 11) is 0. The second-order valence-corrected chi connectivity index (χ2v) is 6.43. The van der Waals surface area contributed by atoms with Crippen molar-refractivity contribution in [1.29, 1.82) is 0 Å². The van der Waals surface area contributed by atoms with Gasteiger partial charge in [-0.1, -0.05) is 12.1 Å². The Bertz CT molecular complexity index is 564. The van der Waals surface area contributed by atoms with Gasteiger partial charge in [-0.15, -0.1) is 0 Å². The summed E-state index contributed by atoms with van der Waals surface area (Å²) in [6, 6.07) is 11.0. The first-order valence-electron chi connectivity index (χ1n) is 7.25. The Morgan fingerprint density at radius 3 is 3.10 bits per heavy atom. The maximum absolute atomic E-state index is 6.07. The van der Waals surface area contributed by atoms with Crippen molar-refractivity contribution in [3.63, 3.8) is 0 Å². The van der Waals surface area contributed by atoms with Crippen molar-refractivity contribution in [2.24, 2.45) is 5.73 Å². The molecule has 0 radical (unpaired) electrons. The average Bonchev–Trinajstić information content (AvgIpc) is 2.77. The van der Waals surface area contributed by atoms with Crippen molar-refractivity contribution in [2.45, 2.75) is 12.5 Å². The summed E-state index contributed by atoms with van der Waals surface area (Å²) in [4.78, 5) is 6.93. The quantitative estimate of drug-likeness (QED) is 0.942. The molecule has 1 aliphatic rings. The van der Waals surface area contributed by atoms with Crippen LogP contribution < -0.4 is 5.73 Å². The van der Waals surface area contributed by atoms with E-state index in [1.807, 2.05) is 12.3 Å². The third-order valence-electron chi connectivity index (χ3n) is 3.93. The molecule has 0 spiro atoms. The van der Waals surface area contributed by atoms with Gasteiger partial charge in [0.1, 0.15) is 0 Å². The first-order valence-corrected chi connectivity index (χ1v) is 8.40. The van der Waals surface area contributed by atoms with Gasteiger partial charge in [-0.05, 0) is 42.5 Å². The lowest BCUT2D eigenvalue weighted by molar-refractivity contribution is 0.218. The zero-order valence-corrected chi connectivity index (χ0v) is 12.5. The van der Waals surface area contributed by atoms with Crippen molar-refractivity contribution < 1.29 is 0 Å². The molecule has 2 heterocycles. The number of nitrogens with zero attached hydrogens (tertiary/aromatic N) is 2. The monoisotopic (exact) mass is 287 g/mol. The predicted molar refractivity (Wildman–Crippen MR) is 87.1 cm³/mol. The third kappa shape index (κ3) is 2.97. The molecule has 1 fully saturated rings. The molecule has 0 bridgehead atoms. The van der Waals surface area contributed by atoms with Gasteiger partial charge in [-0.25, -0.2) is 0 Å². The molecule has 1 aromatic heterocycles. The van der Waals surface area contributed by atoms with Crippen LogP contribution in [0.25, 0.3) is 10.9 Å². The number of nitrogens with two attached hydrogens (primary N) is 1. The van der Waals surface area contributed by atoms with E-state index in [0.717, 1.165) is 18.6 Å². The summed E-state index contributed by atoms with van der Waals surface area (Å²) in [6.07, 6.45) is 3.10. The van der Waals surface area contributed by atoms with E-state index in [0.29, 0.717) is 12.6 Å². The van der Waals surface area contributed by atoms with Crippen LogP contribution in [0.15, 0.2) is 36.5 Å². The van der Waals surface area contributed by atoms with Crippen LogP contribution in [0.5, 0.6) is 0 Å². The summed E-state index contributed by atoms with van der Waals surface area (Å²) in [5.74, 6) is 2.49. The van der Waals surface area contributed by atoms with Crippen LogP contribution >= 0.6 is 11.8 Å². The fourth-order valence-electron chi connectivity index (χ4n) is 2.87. The highest BCUT2D eigenvalue weighted by Crippen LogP contribution is 2.25. The zero-order valence-electron chi connectivity index (χ0n) is 11.7. The molecule has 106 valence electrons. The zero-order chi connectivity index (χ0) is 13.8. The van der Waals surface area contributed by atoms with Gasteiger partial charge < -0.3 is 5.73 Å². The van der Waals surface area contributed by atoms with E-state index in [1.165, 1.54) is 28.9 Å². The average molecular weight is 287 g/mol. The fraction of sp³-hybridized carbons (Fsp3) is 0.438. The Hall–Kier alpha value is -1.10. The minimum absolute atomic E-state index is 0.332. The standard InChI is InChI=1S/C16H21N3S/c17-12-16(19-7-2-9-20-10-8-19)14-4-5-15-13(11-14)3-1-6-18-15/h1,3-6,11,16H,2,7-10,12,17H2. The number of fused-ring (bicyclic) bond motifs is 1. The van der Waals surface area contributed by atoms with E-state index in [2.05, 4.69) is 45.9 Å². The number of hydrogen-bond acceptors (Lipinski definition) is 4. The molecule has 1 unspecified atom stereocenters. The molecule has 1 saturated heterocycles. The van der Waals surface area contributed by atoms with Crippen LogP contribution in [0.1, 0.15) is 18.0 Å². The Labute approximate surface area is 124 Å². The van der Waals surface area contributed by atoms with Gasteiger partial charge in [0.05, 0.1) is 5.52 Å². The number of pyridine rings is 1. The largest absolute Gasteiger partial charge is 0.329 e. The van der Waals surface area contributed by atoms with Gasteiger partial charge in [-0.2, -0.15) is 11.8 Å². The van der Waals surface area contributed by atoms with E-state index in [4.69, 9.17) is 5.73 Å². The lowest BCUT2D eigenvalue weighted by Crippen LogP contribution is -2.35. The van der Waals surface area contributed by atoms with Crippen LogP contribution in [-0.4, -0.2) is 41.0 Å². The predicted octanol–water partition coefficient (Wildman–Crippen LogP) is 2.67. The minimum Gasteiger partial charge on any atom is -0.329 e. The highest BCUT2D eigenvalue weighted by atomic mass is 32.2. The summed E-state index contributed by atoms with van der Waals surface area (Å²) >= 11 is 2.05. The van der Waals surface area contributed by atoms with Gasteiger partial charge in [0.25, 0.3) is 0 Å². The maximum Gasteiger partial charge on any atom is 0.0702 e. The molecule has 2 aromatic rings. The molecule has 0 amide bonds. The Kier molecular flexibility index (Phi) is 4.55. The van der Waals surface area contributed by atoms with Gasteiger partial charge >= 0.3 is 0 Å². The highest BCUT2D eigenvalue weighted by molar-refractivity contribution is 7.99. The Morgan fingerprint density at radius 2 is 2.20 bits per heavy atom. The summed E-state index contributed by atoms with van der Waals surface area (Å²) in [6.45, 7) is 2.97. The molecule has 3 nitrogen and oxygen atoms in total. The van der Waals surface area contributed by atoms with Gasteiger partial charge in [-0.3, -0.25) is 9.88 Å². The van der Waals surface area contributed by atoms with Crippen molar-refractivity contribution in [2.75, 3.05) is 31.1 Å². The second kappa shape index (κ2) is 6.57. The van der Waals surface area contributed by atoms with Crippen LogP contribution in [0.2, 0.25) is 0 Å². The van der Waals surface area contributed by atoms with Crippen LogP contribution in [0, 0.1) is 0 Å². The highest BCUT2D eigenvalue weighted by Gasteiger charge is 2.20. The number of rotatable bonds is 3. The van der Waals surface area contributed by atoms with E-state index < -0.39 is 0 Å². The van der Waals surface area contributed by atoms with Crippen molar-refractivity contribution in [3.05, 3.63) is 42.1 Å². The van der Waals surface area contributed by atoms with Crippen molar-refractivity contribution in [1.82, 2.24) is 9.88 Å².